The second-order valence-electron chi connectivity index (χ2n) is 15.7. The summed E-state index contributed by atoms with van der Waals surface area (Å²) in [5.41, 5.74) is 0. The van der Waals surface area contributed by atoms with E-state index in [1.807, 2.05) is 0 Å². The number of hydrogen-bond acceptors (Lipinski definition) is 1. The van der Waals surface area contributed by atoms with Crippen LogP contribution in [0.3, 0.4) is 0 Å². The zero-order valence-electron chi connectivity index (χ0n) is 32.6. The molecule has 0 unspecified atom stereocenters. The van der Waals surface area contributed by atoms with Crippen molar-refractivity contribution in [3.8, 4) is 0 Å². The Morgan fingerprint density at radius 1 is 0.267 bits per heavy atom. The molecule has 45 heavy (non-hydrogen) atoms. The van der Waals surface area contributed by atoms with Crippen LogP contribution in [0.2, 0.25) is 0 Å². The van der Waals surface area contributed by atoms with Crippen molar-refractivity contribution in [1.82, 2.24) is 4.90 Å². The SMILES string of the molecule is CCCCCCCCCCCCCCCCN(CCCCCCCCCCCCCCCC)CCCCCCCCCC(C)C. The predicted octanol–water partition coefficient (Wildman–Crippen LogP) is 16.0. The molecule has 0 rings (SSSR count). The summed E-state index contributed by atoms with van der Waals surface area (Å²) in [6.45, 7) is 13.5. The zero-order chi connectivity index (χ0) is 32.7. The van der Waals surface area contributed by atoms with Gasteiger partial charge in [0.05, 0.1) is 0 Å². The summed E-state index contributed by atoms with van der Waals surface area (Å²) in [7, 11) is 0. The van der Waals surface area contributed by atoms with Crippen LogP contribution in [-0.2, 0) is 0 Å². The van der Waals surface area contributed by atoms with Gasteiger partial charge in [0.2, 0.25) is 0 Å². The molecule has 0 bridgehead atoms. The van der Waals surface area contributed by atoms with Crippen molar-refractivity contribution in [2.24, 2.45) is 5.92 Å². The largest absolute Gasteiger partial charge is 0.303 e. The first kappa shape index (κ1) is 45.0. The Hall–Kier alpha value is -0.0400. The maximum Gasteiger partial charge on any atom is -0.00187 e. The van der Waals surface area contributed by atoms with Gasteiger partial charge in [0, 0.05) is 0 Å². The van der Waals surface area contributed by atoms with E-state index in [1.165, 1.54) is 251 Å². The molecule has 0 aliphatic carbocycles. The zero-order valence-corrected chi connectivity index (χ0v) is 32.6. The monoisotopic (exact) mass is 634 g/mol. The van der Waals surface area contributed by atoms with Gasteiger partial charge in [-0.05, 0) is 44.8 Å². The van der Waals surface area contributed by atoms with Crippen LogP contribution in [0.15, 0.2) is 0 Å². The molecular weight excluding hydrogens is 542 g/mol. The Labute approximate surface area is 288 Å². The van der Waals surface area contributed by atoms with Crippen LogP contribution in [-0.4, -0.2) is 24.5 Å². The standard InChI is InChI=1S/C44H91N/c1-5-7-9-11-13-15-17-19-21-23-25-29-33-37-41-45(43-39-35-31-27-28-32-36-40-44(3)4)42-38-34-30-26-24-22-20-18-16-14-12-10-8-6-2/h44H,5-43H2,1-4H3. The van der Waals surface area contributed by atoms with Crippen molar-refractivity contribution in [1.29, 1.82) is 0 Å². The first-order chi connectivity index (χ1) is 22.2. The fourth-order valence-electron chi connectivity index (χ4n) is 7.17. The lowest BCUT2D eigenvalue weighted by Crippen LogP contribution is -2.27. The maximum absolute atomic E-state index is 2.86. The molecule has 0 saturated carbocycles. The molecule has 0 fully saturated rings. The highest BCUT2D eigenvalue weighted by Gasteiger charge is 2.05. The fourth-order valence-corrected chi connectivity index (χ4v) is 7.17. The third-order valence-corrected chi connectivity index (χ3v) is 10.4. The second-order valence-corrected chi connectivity index (χ2v) is 15.7. The normalized spacial score (nSPS) is 11.9. The molecule has 272 valence electrons. The molecule has 0 saturated heterocycles. The molecule has 0 aromatic rings. The van der Waals surface area contributed by atoms with Gasteiger partial charge in [0.1, 0.15) is 0 Å². The van der Waals surface area contributed by atoms with Crippen molar-refractivity contribution in [3.05, 3.63) is 0 Å². The van der Waals surface area contributed by atoms with Gasteiger partial charge in [0.15, 0.2) is 0 Å². The third-order valence-electron chi connectivity index (χ3n) is 10.4. The number of nitrogens with zero attached hydrogens (tertiary/aromatic N) is 1. The summed E-state index contributed by atoms with van der Waals surface area (Å²) >= 11 is 0. The van der Waals surface area contributed by atoms with Crippen molar-refractivity contribution < 1.29 is 0 Å². The Balaban J connectivity index is 3.89. The average Bonchev–Trinajstić information content (AvgIpc) is 3.03. The Bertz CT molecular complexity index is 467. The first-order valence-electron chi connectivity index (χ1n) is 21.9. The van der Waals surface area contributed by atoms with Crippen LogP contribution < -0.4 is 0 Å². The van der Waals surface area contributed by atoms with Gasteiger partial charge in [-0.1, -0.05) is 240 Å². The van der Waals surface area contributed by atoms with E-state index in [9.17, 15) is 0 Å². The van der Waals surface area contributed by atoms with E-state index in [-0.39, 0.29) is 0 Å². The van der Waals surface area contributed by atoms with Crippen LogP contribution in [0.5, 0.6) is 0 Å². The lowest BCUT2D eigenvalue weighted by atomic mass is 10.0. The van der Waals surface area contributed by atoms with Crippen molar-refractivity contribution in [2.75, 3.05) is 19.6 Å². The molecule has 0 heterocycles. The molecule has 0 spiro atoms. The molecule has 0 aliphatic rings. The molecule has 1 heteroatoms. The Morgan fingerprint density at radius 2 is 0.467 bits per heavy atom. The molecule has 0 aliphatic heterocycles. The maximum atomic E-state index is 2.86. The van der Waals surface area contributed by atoms with Gasteiger partial charge in [-0.3, -0.25) is 0 Å². The van der Waals surface area contributed by atoms with Crippen LogP contribution in [0.1, 0.15) is 259 Å². The lowest BCUT2D eigenvalue weighted by molar-refractivity contribution is 0.254. The molecule has 0 aromatic carbocycles. The summed E-state index contributed by atoms with van der Waals surface area (Å²) in [5.74, 6) is 0.885. The summed E-state index contributed by atoms with van der Waals surface area (Å²) in [5, 5.41) is 0. The minimum atomic E-state index is 0.885. The van der Waals surface area contributed by atoms with Crippen molar-refractivity contribution in [2.45, 2.75) is 259 Å². The van der Waals surface area contributed by atoms with Gasteiger partial charge in [0.25, 0.3) is 0 Å². The first-order valence-corrected chi connectivity index (χ1v) is 21.9. The second kappa shape index (κ2) is 40.1. The van der Waals surface area contributed by atoms with E-state index in [4.69, 9.17) is 0 Å². The average molecular weight is 634 g/mol. The molecule has 0 N–H and O–H groups in total. The summed E-state index contributed by atoms with van der Waals surface area (Å²) in [6, 6.07) is 0. The summed E-state index contributed by atoms with van der Waals surface area (Å²) in [4.78, 5) is 2.86. The quantitative estimate of drug-likeness (QED) is 0.0607. The molecule has 0 aromatic heterocycles. The Morgan fingerprint density at radius 3 is 0.689 bits per heavy atom. The molecule has 0 atom stereocenters. The third kappa shape index (κ3) is 40.1. The van der Waals surface area contributed by atoms with E-state index in [0.29, 0.717) is 0 Å². The van der Waals surface area contributed by atoms with Crippen LogP contribution in [0, 0.1) is 5.92 Å². The van der Waals surface area contributed by atoms with E-state index in [1.54, 1.807) is 0 Å². The summed E-state index contributed by atoms with van der Waals surface area (Å²) < 4.78 is 0. The van der Waals surface area contributed by atoms with E-state index >= 15 is 0 Å². The highest BCUT2D eigenvalue weighted by atomic mass is 15.1. The fraction of sp³-hybridized carbons (Fsp3) is 1.00. The van der Waals surface area contributed by atoms with Crippen LogP contribution in [0.25, 0.3) is 0 Å². The van der Waals surface area contributed by atoms with E-state index < -0.39 is 0 Å². The van der Waals surface area contributed by atoms with E-state index in [2.05, 4.69) is 32.6 Å². The smallest absolute Gasteiger partial charge is 0.00187 e. The van der Waals surface area contributed by atoms with Crippen molar-refractivity contribution in [3.63, 3.8) is 0 Å². The number of rotatable bonds is 40. The minimum Gasteiger partial charge on any atom is -0.303 e. The molecular formula is C44H91N. The van der Waals surface area contributed by atoms with Gasteiger partial charge in [-0.15, -0.1) is 0 Å². The van der Waals surface area contributed by atoms with Gasteiger partial charge >= 0.3 is 0 Å². The molecule has 0 amide bonds. The van der Waals surface area contributed by atoms with Gasteiger partial charge in [-0.25, -0.2) is 0 Å². The predicted molar refractivity (Wildman–Crippen MR) is 209 cm³/mol. The Kier molecular flexibility index (Phi) is 40.1. The van der Waals surface area contributed by atoms with E-state index in [0.717, 1.165) is 5.92 Å². The molecule has 1 nitrogen and oxygen atoms in total. The van der Waals surface area contributed by atoms with Gasteiger partial charge < -0.3 is 4.90 Å². The molecule has 0 radical (unpaired) electrons. The minimum absolute atomic E-state index is 0.885. The van der Waals surface area contributed by atoms with Crippen LogP contribution >= 0.6 is 0 Å². The van der Waals surface area contributed by atoms with Crippen molar-refractivity contribution >= 4 is 0 Å². The lowest BCUT2D eigenvalue weighted by Gasteiger charge is -2.22. The highest BCUT2D eigenvalue weighted by molar-refractivity contribution is 4.61. The topological polar surface area (TPSA) is 3.24 Å². The summed E-state index contributed by atoms with van der Waals surface area (Å²) in [6.07, 6.45) is 52.6. The van der Waals surface area contributed by atoms with Crippen LogP contribution in [0.4, 0.5) is 0 Å². The number of unbranched alkanes of at least 4 members (excludes halogenated alkanes) is 32. The number of hydrogen-bond donors (Lipinski definition) is 0. The van der Waals surface area contributed by atoms with Gasteiger partial charge in [-0.2, -0.15) is 0 Å². The highest BCUT2D eigenvalue weighted by Crippen LogP contribution is 2.16.